The summed E-state index contributed by atoms with van der Waals surface area (Å²) in [7, 11) is 0. The SMILES string of the molecule is CCOc1cc(/C=C/C(=O)O)cc(I)c1OCC#N. The van der Waals surface area contributed by atoms with Crippen LogP contribution in [0.15, 0.2) is 18.2 Å². The third kappa shape index (κ3) is 4.79. The van der Waals surface area contributed by atoms with Crippen molar-refractivity contribution in [2.24, 2.45) is 0 Å². The number of aliphatic carboxylic acids is 1. The summed E-state index contributed by atoms with van der Waals surface area (Å²) in [5.41, 5.74) is 0.694. The van der Waals surface area contributed by atoms with E-state index in [2.05, 4.69) is 22.6 Å². The number of hydrogen-bond donors (Lipinski definition) is 1. The lowest BCUT2D eigenvalue weighted by Crippen LogP contribution is -2.01. The minimum absolute atomic E-state index is 0.0691. The van der Waals surface area contributed by atoms with E-state index in [4.69, 9.17) is 19.8 Å². The topological polar surface area (TPSA) is 79.6 Å². The molecule has 1 N–H and O–H groups in total. The van der Waals surface area contributed by atoms with Gasteiger partial charge in [0.2, 0.25) is 0 Å². The minimum Gasteiger partial charge on any atom is -0.490 e. The van der Waals surface area contributed by atoms with E-state index in [1.807, 2.05) is 13.0 Å². The van der Waals surface area contributed by atoms with Crippen molar-refractivity contribution >= 4 is 34.6 Å². The fourth-order valence-corrected chi connectivity index (χ4v) is 2.14. The number of benzene rings is 1. The predicted octanol–water partition coefficient (Wildman–Crippen LogP) is 2.69. The number of carboxylic acid groups (broad SMARTS) is 1. The number of ether oxygens (including phenoxy) is 2. The Hall–Kier alpha value is -1.75. The molecule has 0 heterocycles. The van der Waals surface area contributed by atoms with Gasteiger partial charge in [0.25, 0.3) is 0 Å². The molecule has 0 aromatic heterocycles. The lowest BCUT2D eigenvalue weighted by atomic mass is 10.2. The summed E-state index contributed by atoms with van der Waals surface area (Å²) in [6.45, 7) is 2.21. The highest BCUT2D eigenvalue weighted by Gasteiger charge is 2.11. The van der Waals surface area contributed by atoms with Crippen molar-refractivity contribution in [1.82, 2.24) is 0 Å². The van der Waals surface area contributed by atoms with Crippen molar-refractivity contribution in [3.63, 3.8) is 0 Å². The van der Waals surface area contributed by atoms with Crippen LogP contribution in [0.3, 0.4) is 0 Å². The second kappa shape index (κ2) is 7.63. The van der Waals surface area contributed by atoms with Crippen LogP contribution in [0.25, 0.3) is 6.08 Å². The van der Waals surface area contributed by atoms with Crippen molar-refractivity contribution in [2.45, 2.75) is 6.92 Å². The van der Waals surface area contributed by atoms with Crippen LogP contribution in [0.4, 0.5) is 0 Å². The smallest absolute Gasteiger partial charge is 0.328 e. The molecule has 5 nitrogen and oxygen atoms in total. The lowest BCUT2D eigenvalue weighted by Gasteiger charge is -2.12. The first-order chi connectivity index (χ1) is 9.08. The molecular formula is C13H12INO4. The van der Waals surface area contributed by atoms with Gasteiger partial charge in [-0.1, -0.05) is 0 Å². The van der Waals surface area contributed by atoms with Gasteiger partial charge in [-0.25, -0.2) is 4.79 Å². The highest BCUT2D eigenvalue weighted by atomic mass is 127. The zero-order chi connectivity index (χ0) is 14.3. The molecule has 1 aromatic carbocycles. The normalized spacial score (nSPS) is 10.2. The summed E-state index contributed by atoms with van der Waals surface area (Å²) in [6, 6.07) is 5.33. The maximum Gasteiger partial charge on any atom is 0.328 e. The Kier molecular flexibility index (Phi) is 6.15. The number of carboxylic acids is 1. The van der Waals surface area contributed by atoms with E-state index < -0.39 is 5.97 Å². The highest BCUT2D eigenvalue weighted by Crippen LogP contribution is 2.34. The molecule has 0 fully saturated rings. The first-order valence-corrected chi connectivity index (χ1v) is 6.53. The summed E-state index contributed by atoms with van der Waals surface area (Å²) in [5.74, 6) is -0.0241. The molecule has 0 aliphatic heterocycles. The fraction of sp³-hybridized carbons (Fsp3) is 0.231. The third-order valence-electron chi connectivity index (χ3n) is 2.03. The zero-order valence-corrected chi connectivity index (χ0v) is 12.4. The van der Waals surface area contributed by atoms with E-state index in [1.165, 1.54) is 6.08 Å². The first-order valence-electron chi connectivity index (χ1n) is 5.45. The Morgan fingerprint density at radius 2 is 2.26 bits per heavy atom. The van der Waals surface area contributed by atoms with Crippen molar-refractivity contribution in [2.75, 3.05) is 13.2 Å². The quantitative estimate of drug-likeness (QED) is 0.613. The van der Waals surface area contributed by atoms with Crippen LogP contribution in [0.5, 0.6) is 11.5 Å². The van der Waals surface area contributed by atoms with Crippen molar-refractivity contribution in [3.05, 3.63) is 27.3 Å². The van der Waals surface area contributed by atoms with Crippen molar-refractivity contribution in [3.8, 4) is 17.6 Å². The second-order valence-electron chi connectivity index (χ2n) is 3.38. The summed E-state index contributed by atoms with van der Waals surface area (Å²) >= 11 is 2.05. The summed E-state index contributed by atoms with van der Waals surface area (Å²) < 4.78 is 11.5. The average molecular weight is 373 g/mol. The van der Waals surface area contributed by atoms with Gasteiger partial charge in [0, 0.05) is 6.08 Å². The van der Waals surface area contributed by atoms with Crippen LogP contribution in [0, 0.1) is 14.9 Å². The van der Waals surface area contributed by atoms with E-state index in [0.717, 1.165) is 9.65 Å². The second-order valence-corrected chi connectivity index (χ2v) is 4.54. The Bertz CT molecular complexity index is 534. The van der Waals surface area contributed by atoms with Crippen LogP contribution < -0.4 is 9.47 Å². The number of halogens is 1. The molecule has 19 heavy (non-hydrogen) atoms. The predicted molar refractivity (Wildman–Crippen MR) is 78.1 cm³/mol. The Morgan fingerprint density at radius 3 is 2.84 bits per heavy atom. The van der Waals surface area contributed by atoms with Gasteiger partial charge in [0.15, 0.2) is 18.1 Å². The largest absolute Gasteiger partial charge is 0.490 e. The Morgan fingerprint density at radius 1 is 1.53 bits per heavy atom. The summed E-state index contributed by atoms with van der Waals surface area (Å²) in [5, 5.41) is 17.2. The molecule has 0 bridgehead atoms. The van der Waals surface area contributed by atoms with Crippen LogP contribution >= 0.6 is 22.6 Å². The molecule has 0 saturated heterocycles. The molecule has 0 aliphatic rings. The molecule has 100 valence electrons. The van der Waals surface area contributed by atoms with Gasteiger partial charge in [-0.15, -0.1) is 0 Å². The minimum atomic E-state index is -1.02. The molecule has 0 atom stereocenters. The van der Waals surface area contributed by atoms with E-state index >= 15 is 0 Å². The number of nitriles is 1. The zero-order valence-electron chi connectivity index (χ0n) is 10.2. The van der Waals surface area contributed by atoms with Crippen LogP contribution in [-0.2, 0) is 4.79 Å². The Labute approximate surface area is 124 Å². The van der Waals surface area contributed by atoms with Gasteiger partial charge in [-0.2, -0.15) is 5.26 Å². The first kappa shape index (κ1) is 15.3. The molecule has 0 aliphatic carbocycles. The summed E-state index contributed by atoms with van der Waals surface area (Å²) in [6.07, 6.45) is 2.53. The fourth-order valence-electron chi connectivity index (χ4n) is 1.36. The lowest BCUT2D eigenvalue weighted by molar-refractivity contribution is -0.131. The van der Waals surface area contributed by atoms with Gasteiger partial charge in [-0.05, 0) is 53.3 Å². The molecule has 1 aromatic rings. The molecule has 0 saturated carbocycles. The monoisotopic (exact) mass is 373 g/mol. The van der Waals surface area contributed by atoms with Crippen molar-refractivity contribution < 1.29 is 19.4 Å². The van der Waals surface area contributed by atoms with Gasteiger partial charge in [0.1, 0.15) is 6.07 Å². The highest BCUT2D eigenvalue weighted by molar-refractivity contribution is 14.1. The number of hydrogen-bond acceptors (Lipinski definition) is 4. The Balaban J connectivity index is 3.13. The standard InChI is InChI=1S/C13H12INO4/c1-2-18-11-8-9(3-4-12(16)17)7-10(14)13(11)19-6-5-15/h3-4,7-8H,2,6H2,1H3,(H,16,17)/b4-3+. The molecule has 0 spiro atoms. The van der Waals surface area contributed by atoms with Crippen LogP contribution in [0.1, 0.15) is 12.5 Å². The average Bonchev–Trinajstić information content (AvgIpc) is 2.36. The van der Waals surface area contributed by atoms with E-state index in [9.17, 15) is 4.79 Å². The van der Waals surface area contributed by atoms with E-state index in [-0.39, 0.29) is 6.61 Å². The molecular weight excluding hydrogens is 361 g/mol. The summed E-state index contributed by atoms with van der Waals surface area (Å²) in [4.78, 5) is 10.5. The number of rotatable bonds is 6. The van der Waals surface area contributed by atoms with E-state index in [1.54, 1.807) is 12.1 Å². The van der Waals surface area contributed by atoms with Crippen LogP contribution in [0.2, 0.25) is 0 Å². The molecule has 0 unspecified atom stereocenters. The maximum absolute atomic E-state index is 10.5. The van der Waals surface area contributed by atoms with Gasteiger partial charge in [0.05, 0.1) is 10.2 Å². The number of carbonyl (C=O) groups is 1. The van der Waals surface area contributed by atoms with Crippen LogP contribution in [-0.4, -0.2) is 24.3 Å². The third-order valence-corrected chi connectivity index (χ3v) is 2.83. The molecule has 1 rings (SSSR count). The van der Waals surface area contributed by atoms with E-state index in [0.29, 0.717) is 23.7 Å². The molecule has 0 amide bonds. The van der Waals surface area contributed by atoms with Gasteiger partial charge >= 0.3 is 5.97 Å². The van der Waals surface area contributed by atoms with Gasteiger partial charge < -0.3 is 14.6 Å². The molecule has 6 heteroatoms. The van der Waals surface area contributed by atoms with Gasteiger partial charge in [-0.3, -0.25) is 0 Å². The molecule has 0 radical (unpaired) electrons. The maximum atomic E-state index is 10.5. The number of nitrogens with zero attached hydrogens (tertiary/aromatic N) is 1. The van der Waals surface area contributed by atoms with Crippen molar-refractivity contribution in [1.29, 1.82) is 5.26 Å².